The monoisotopic (exact) mass is 247 g/mol. The van der Waals surface area contributed by atoms with Gasteiger partial charge in [0.2, 0.25) is 0 Å². The summed E-state index contributed by atoms with van der Waals surface area (Å²) in [6.07, 6.45) is 3.88. The number of carbonyl (C=O) groups excluding carboxylic acids is 1. The molecule has 0 unspecified atom stereocenters. The molecule has 4 heteroatoms. The van der Waals surface area contributed by atoms with Crippen LogP contribution in [0.4, 0.5) is 11.4 Å². The van der Waals surface area contributed by atoms with Gasteiger partial charge < -0.3 is 16.4 Å². The van der Waals surface area contributed by atoms with Gasteiger partial charge in [0.15, 0.2) is 0 Å². The highest BCUT2D eigenvalue weighted by molar-refractivity contribution is 5.96. The molecule has 1 aromatic carbocycles. The molecule has 18 heavy (non-hydrogen) atoms. The molecular weight excluding hydrogens is 226 g/mol. The van der Waals surface area contributed by atoms with Crippen LogP contribution in [0.3, 0.4) is 0 Å². The average Bonchev–Trinajstić information content (AvgIpc) is 2.36. The zero-order valence-corrected chi connectivity index (χ0v) is 10.8. The largest absolute Gasteiger partial charge is 0.397 e. The van der Waals surface area contributed by atoms with Gasteiger partial charge in [-0.15, -0.1) is 6.58 Å². The zero-order chi connectivity index (χ0) is 13.4. The molecule has 0 aliphatic rings. The van der Waals surface area contributed by atoms with Crippen LogP contribution in [0.25, 0.3) is 0 Å². The van der Waals surface area contributed by atoms with Crippen LogP contribution >= 0.6 is 0 Å². The Labute approximate surface area is 108 Å². The lowest BCUT2D eigenvalue weighted by molar-refractivity contribution is 0.0956. The maximum absolute atomic E-state index is 11.6. The van der Waals surface area contributed by atoms with E-state index in [4.69, 9.17) is 5.73 Å². The van der Waals surface area contributed by atoms with Crippen molar-refractivity contribution >= 4 is 17.3 Å². The lowest BCUT2D eigenvalue weighted by atomic mass is 10.1. The molecule has 0 radical (unpaired) electrons. The molecule has 1 amide bonds. The van der Waals surface area contributed by atoms with Gasteiger partial charge in [0.05, 0.1) is 11.4 Å². The van der Waals surface area contributed by atoms with Crippen LogP contribution in [0, 0.1) is 0 Å². The van der Waals surface area contributed by atoms with Gasteiger partial charge in [0, 0.05) is 18.7 Å². The summed E-state index contributed by atoms with van der Waals surface area (Å²) in [6.45, 7) is 7.02. The summed E-state index contributed by atoms with van der Waals surface area (Å²) in [5.74, 6) is -0.0950. The lowest BCUT2D eigenvalue weighted by Crippen LogP contribution is -2.22. The standard InChI is InChI=1S/C14H21N3O/c1-3-5-6-9-17-13-8-7-11(10-12(13)15)14(18)16-4-2/h3,7-8,10,17H,1,4-6,9,15H2,2H3,(H,16,18). The Morgan fingerprint density at radius 1 is 1.50 bits per heavy atom. The minimum Gasteiger partial charge on any atom is -0.397 e. The molecule has 0 atom stereocenters. The Hall–Kier alpha value is -1.97. The van der Waals surface area contributed by atoms with Gasteiger partial charge in [-0.3, -0.25) is 4.79 Å². The molecular formula is C14H21N3O. The number of carbonyl (C=O) groups is 1. The van der Waals surface area contributed by atoms with Crippen molar-refractivity contribution in [3.05, 3.63) is 36.4 Å². The molecule has 0 saturated carbocycles. The number of amides is 1. The van der Waals surface area contributed by atoms with Crippen LogP contribution in [0.1, 0.15) is 30.1 Å². The maximum atomic E-state index is 11.6. The topological polar surface area (TPSA) is 67.2 Å². The number of hydrogen-bond acceptors (Lipinski definition) is 3. The number of unbranched alkanes of at least 4 members (excludes halogenated alkanes) is 1. The SMILES string of the molecule is C=CCCCNc1ccc(C(=O)NCC)cc1N. The molecule has 1 aromatic rings. The van der Waals surface area contributed by atoms with E-state index in [1.807, 2.05) is 19.1 Å². The van der Waals surface area contributed by atoms with Crippen LogP contribution in [0.5, 0.6) is 0 Å². The number of hydrogen-bond donors (Lipinski definition) is 3. The number of allylic oxidation sites excluding steroid dienone is 1. The number of rotatable bonds is 7. The minimum atomic E-state index is -0.0950. The summed E-state index contributed by atoms with van der Waals surface area (Å²) in [6, 6.07) is 5.31. The van der Waals surface area contributed by atoms with Crippen LogP contribution in [0.15, 0.2) is 30.9 Å². The van der Waals surface area contributed by atoms with Gasteiger partial charge in [0.1, 0.15) is 0 Å². The van der Waals surface area contributed by atoms with E-state index in [1.54, 1.807) is 12.1 Å². The van der Waals surface area contributed by atoms with Gasteiger partial charge in [-0.25, -0.2) is 0 Å². The van der Waals surface area contributed by atoms with Crippen LogP contribution in [-0.2, 0) is 0 Å². The third-order valence-electron chi connectivity index (χ3n) is 2.55. The minimum absolute atomic E-state index is 0.0950. The molecule has 0 bridgehead atoms. The van der Waals surface area contributed by atoms with Crippen LogP contribution < -0.4 is 16.4 Å². The molecule has 98 valence electrons. The van der Waals surface area contributed by atoms with E-state index in [0.29, 0.717) is 17.8 Å². The van der Waals surface area contributed by atoms with E-state index in [-0.39, 0.29) is 5.91 Å². The van der Waals surface area contributed by atoms with Crippen molar-refractivity contribution in [3.63, 3.8) is 0 Å². The number of benzene rings is 1. The van der Waals surface area contributed by atoms with Gasteiger partial charge in [-0.2, -0.15) is 0 Å². The van der Waals surface area contributed by atoms with Gasteiger partial charge in [0.25, 0.3) is 5.91 Å². The fraction of sp³-hybridized carbons (Fsp3) is 0.357. The highest BCUT2D eigenvalue weighted by Gasteiger charge is 2.06. The summed E-state index contributed by atoms with van der Waals surface area (Å²) in [4.78, 5) is 11.6. The predicted octanol–water partition coefficient (Wildman–Crippen LogP) is 2.40. The molecule has 4 N–H and O–H groups in total. The second-order valence-corrected chi connectivity index (χ2v) is 4.02. The fourth-order valence-corrected chi connectivity index (χ4v) is 1.60. The van der Waals surface area contributed by atoms with E-state index in [1.165, 1.54) is 0 Å². The number of nitrogens with one attached hydrogen (secondary N) is 2. The van der Waals surface area contributed by atoms with Crippen molar-refractivity contribution in [1.82, 2.24) is 5.32 Å². The first-order valence-corrected chi connectivity index (χ1v) is 6.21. The summed E-state index contributed by atoms with van der Waals surface area (Å²) in [7, 11) is 0. The Morgan fingerprint density at radius 3 is 2.89 bits per heavy atom. The van der Waals surface area contributed by atoms with E-state index in [2.05, 4.69) is 17.2 Å². The van der Waals surface area contributed by atoms with Crippen molar-refractivity contribution in [2.24, 2.45) is 0 Å². The van der Waals surface area contributed by atoms with Gasteiger partial charge >= 0.3 is 0 Å². The summed E-state index contributed by atoms with van der Waals surface area (Å²) in [5, 5.41) is 5.98. The van der Waals surface area contributed by atoms with Crippen molar-refractivity contribution < 1.29 is 4.79 Å². The third-order valence-corrected chi connectivity index (χ3v) is 2.55. The first kappa shape index (κ1) is 14.1. The molecule has 0 aliphatic heterocycles. The average molecular weight is 247 g/mol. The molecule has 0 fully saturated rings. The first-order chi connectivity index (χ1) is 8.69. The molecule has 4 nitrogen and oxygen atoms in total. The molecule has 0 aliphatic carbocycles. The van der Waals surface area contributed by atoms with Crippen LogP contribution in [0.2, 0.25) is 0 Å². The Morgan fingerprint density at radius 2 is 2.28 bits per heavy atom. The second kappa shape index (κ2) is 7.37. The highest BCUT2D eigenvalue weighted by atomic mass is 16.1. The fourth-order valence-electron chi connectivity index (χ4n) is 1.60. The van der Waals surface area contributed by atoms with Crippen LogP contribution in [-0.4, -0.2) is 19.0 Å². The first-order valence-electron chi connectivity index (χ1n) is 6.21. The second-order valence-electron chi connectivity index (χ2n) is 4.02. The number of nitrogens with two attached hydrogens (primary N) is 1. The number of anilines is 2. The lowest BCUT2D eigenvalue weighted by Gasteiger charge is -2.10. The Bertz CT molecular complexity index is 416. The predicted molar refractivity (Wildman–Crippen MR) is 76.8 cm³/mol. The molecule has 1 rings (SSSR count). The van der Waals surface area contributed by atoms with E-state index in [9.17, 15) is 4.79 Å². The summed E-state index contributed by atoms with van der Waals surface area (Å²) < 4.78 is 0. The van der Waals surface area contributed by atoms with Crippen molar-refractivity contribution in [1.29, 1.82) is 0 Å². The highest BCUT2D eigenvalue weighted by Crippen LogP contribution is 2.19. The maximum Gasteiger partial charge on any atom is 0.251 e. The van der Waals surface area contributed by atoms with E-state index >= 15 is 0 Å². The number of nitrogen functional groups attached to an aromatic ring is 1. The van der Waals surface area contributed by atoms with Crippen molar-refractivity contribution in [3.8, 4) is 0 Å². The summed E-state index contributed by atoms with van der Waals surface area (Å²) in [5.41, 5.74) is 7.96. The molecule has 0 aromatic heterocycles. The molecule has 0 heterocycles. The zero-order valence-electron chi connectivity index (χ0n) is 10.8. The summed E-state index contributed by atoms with van der Waals surface area (Å²) >= 11 is 0. The quantitative estimate of drug-likeness (QED) is 0.394. The van der Waals surface area contributed by atoms with Crippen molar-refractivity contribution in [2.45, 2.75) is 19.8 Å². The smallest absolute Gasteiger partial charge is 0.251 e. The van der Waals surface area contributed by atoms with Gasteiger partial charge in [-0.1, -0.05) is 6.08 Å². The Balaban J connectivity index is 2.61. The molecule has 0 saturated heterocycles. The van der Waals surface area contributed by atoms with Gasteiger partial charge in [-0.05, 0) is 38.0 Å². The Kier molecular flexibility index (Phi) is 5.77. The van der Waals surface area contributed by atoms with E-state index < -0.39 is 0 Å². The van der Waals surface area contributed by atoms with Crippen molar-refractivity contribution in [2.75, 3.05) is 24.1 Å². The van der Waals surface area contributed by atoms with E-state index in [0.717, 1.165) is 25.1 Å². The third kappa shape index (κ3) is 4.13. The molecule has 0 spiro atoms. The normalized spacial score (nSPS) is 9.83.